The number of nitrogens with one attached hydrogen (secondary N) is 1. The monoisotopic (exact) mass is 389 g/mol. The summed E-state index contributed by atoms with van der Waals surface area (Å²) in [5.41, 5.74) is -4.92. The molecule has 0 saturated carbocycles. The van der Waals surface area contributed by atoms with Crippen molar-refractivity contribution >= 4 is 11.7 Å². The number of carboxylic acids is 1. The van der Waals surface area contributed by atoms with Gasteiger partial charge in [0.2, 0.25) is 0 Å². The van der Waals surface area contributed by atoms with Gasteiger partial charge >= 0.3 is 25.0 Å². The number of aromatic carboxylic acids is 1. The minimum absolute atomic E-state index is 0. The van der Waals surface area contributed by atoms with Gasteiger partial charge in [-0.1, -0.05) is 0 Å². The van der Waals surface area contributed by atoms with Crippen LogP contribution < -0.4 is 29.3 Å². The third-order valence-electron chi connectivity index (χ3n) is 3.32. The van der Waals surface area contributed by atoms with E-state index in [9.17, 15) is 45.7 Å². The predicted octanol–water partition coefficient (Wildman–Crippen LogP) is -0.0530. The average Bonchev–Trinajstić information content (AvgIpc) is 2.53. The van der Waals surface area contributed by atoms with Gasteiger partial charge in [0.15, 0.2) is 23.3 Å². The van der Waals surface area contributed by atoms with E-state index in [2.05, 4.69) is 5.32 Å². The van der Waals surface area contributed by atoms with Crippen LogP contribution in [-0.2, 0) is 12.7 Å². The number of carbonyl (C=O) groups excluding carboxylic acids is 1. The number of carbonyl (C=O) groups is 1. The van der Waals surface area contributed by atoms with Crippen molar-refractivity contribution in [1.82, 2.24) is 0 Å². The van der Waals surface area contributed by atoms with Crippen LogP contribution in [-0.4, -0.2) is 11.1 Å². The zero-order valence-corrected chi connectivity index (χ0v) is 13.3. The molecule has 0 aromatic heterocycles. The van der Waals surface area contributed by atoms with E-state index in [-0.39, 0.29) is 24.5 Å². The first-order chi connectivity index (χ1) is 11.9. The molecule has 0 bridgehead atoms. The molecule has 4 nitrogen and oxygen atoms in total. The molecule has 12 heteroatoms. The Balaban J connectivity index is 0.00000364. The predicted molar refractivity (Wildman–Crippen MR) is 71.0 cm³/mol. The Morgan fingerprint density at radius 1 is 1.04 bits per heavy atom. The zero-order chi connectivity index (χ0) is 19.8. The van der Waals surface area contributed by atoms with E-state index in [0.717, 1.165) is 18.2 Å². The van der Waals surface area contributed by atoms with Crippen LogP contribution in [0.25, 0.3) is 0 Å². The van der Waals surface area contributed by atoms with Gasteiger partial charge in [-0.2, -0.15) is 13.2 Å². The maximum Gasteiger partial charge on any atom is 1.00 e. The van der Waals surface area contributed by atoms with Crippen molar-refractivity contribution in [3.63, 3.8) is 0 Å². The van der Waals surface area contributed by atoms with Crippen molar-refractivity contribution in [1.29, 1.82) is 0 Å². The fourth-order valence-corrected chi connectivity index (χ4v) is 2.08. The van der Waals surface area contributed by atoms with E-state index in [1.807, 2.05) is 0 Å². The molecule has 0 atom stereocenters. The molecule has 0 spiro atoms. The minimum Gasteiger partial charge on any atom is -0.545 e. The summed E-state index contributed by atoms with van der Waals surface area (Å²) in [6.45, 7) is -1.01. The number of halogens is 7. The van der Waals surface area contributed by atoms with Crippen molar-refractivity contribution in [2.45, 2.75) is 12.7 Å². The fraction of sp³-hybridized carbons (Fsp3) is 0.133. The molecule has 2 aromatic rings. The quantitative estimate of drug-likeness (QED) is 0.333. The van der Waals surface area contributed by atoms with Gasteiger partial charge in [-0.05, 0) is 18.2 Å². The molecule has 2 rings (SSSR count). The van der Waals surface area contributed by atoms with Gasteiger partial charge in [-0.3, -0.25) is 0 Å². The number of alkyl halides is 3. The Morgan fingerprint density at radius 3 is 2.00 bits per heavy atom. The van der Waals surface area contributed by atoms with Crippen LogP contribution in [0.4, 0.5) is 36.4 Å². The number of phenols is 1. The number of hydrogen-bond donors (Lipinski definition) is 2. The molecule has 0 amide bonds. The first-order valence-corrected chi connectivity index (χ1v) is 6.65. The van der Waals surface area contributed by atoms with E-state index in [1.54, 1.807) is 0 Å². The van der Waals surface area contributed by atoms with Crippen LogP contribution in [0.5, 0.6) is 5.75 Å². The molecule has 0 fully saturated rings. The molecular weight excluding hydrogens is 382 g/mol. The first-order valence-electron chi connectivity index (χ1n) is 6.65. The van der Waals surface area contributed by atoms with E-state index in [1.165, 1.54) is 0 Å². The molecular formula is C15H7F7LiNO3. The maximum absolute atomic E-state index is 13.7. The zero-order valence-electron chi connectivity index (χ0n) is 13.3. The van der Waals surface area contributed by atoms with Crippen molar-refractivity contribution in [3.8, 4) is 5.75 Å². The summed E-state index contributed by atoms with van der Waals surface area (Å²) in [6, 6.07) is 2.72. The molecule has 140 valence electrons. The molecule has 2 N–H and O–H groups in total. The van der Waals surface area contributed by atoms with Gasteiger partial charge < -0.3 is 20.3 Å². The second-order valence-electron chi connectivity index (χ2n) is 4.98. The molecule has 0 aliphatic heterocycles. The number of aromatic hydroxyl groups is 1. The molecule has 0 saturated heterocycles. The van der Waals surface area contributed by atoms with Crippen LogP contribution in [0.3, 0.4) is 0 Å². The Bertz CT molecular complexity index is 858. The van der Waals surface area contributed by atoms with Gasteiger partial charge in [0.05, 0.1) is 5.97 Å². The SMILES string of the molecule is O=C([O-])c1cc(NCc2c(F)c(F)c(C(F)(F)F)c(F)c2F)ccc1O.[Li+]. The summed E-state index contributed by atoms with van der Waals surface area (Å²) >= 11 is 0. The Kier molecular flexibility index (Phi) is 6.80. The number of anilines is 1. The normalized spacial score (nSPS) is 11.1. The van der Waals surface area contributed by atoms with Gasteiger partial charge in [-0.15, -0.1) is 0 Å². The van der Waals surface area contributed by atoms with Crippen molar-refractivity contribution in [2.24, 2.45) is 0 Å². The summed E-state index contributed by atoms with van der Waals surface area (Å²) in [7, 11) is 0. The third kappa shape index (κ3) is 4.48. The summed E-state index contributed by atoms with van der Waals surface area (Å²) in [5, 5.41) is 22.2. The molecule has 0 unspecified atom stereocenters. The van der Waals surface area contributed by atoms with Crippen LogP contribution in [0.15, 0.2) is 18.2 Å². The first kappa shape index (κ1) is 22.7. The molecule has 0 radical (unpaired) electrons. The Labute approximate surface area is 158 Å². The second kappa shape index (κ2) is 8.10. The fourth-order valence-electron chi connectivity index (χ4n) is 2.08. The van der Waals surface area contributed by atoms with Crippen molar-refractivity contribution in [2.75, 3.05) is 5.32 Å². The molecule has 0 aliphatic rings. The van der Waals surface area contributed by atoms with Crippen molar-refractivity contribution < 1.29 is 64.6 Å². The Hall–Kier alpha value is -2.38. The number of benzene rings is 2. The number of rotatable bonds is 4. The molecule has 0 aliphatic carbocycles. The van der Waals surface area contributed by atoms with Gasteiger partial charge in [0, 0.05) is 23.4 Å². The number of hydrogen-bond acceptors (Lipinski definition) is 4. The molecule has 0 heterocycles. The molecule has 2 aromatic carbocycles. The smallest absolute Gasteiger partial charge is 0.545 e. The minimum atomic E-state index is -5.65. The summed E-state index contributed by atoms with van der Waals surface area (Å²) in [6.07, 6.45) is -5.65. The average molecular weight is 389 g/mol. The third-order valence-corrected chi connectivity index (χ3v) is 3.32. The van der Waals surface area contributed by atoms with E-state index < -0.39 is 64.4 Å². The largest absolute Gasteiger partial charge is 1.00 e. The van der Waals surface area contributed by atoms with Crippen LogP contribution in [0, 0.1) is 23.3 Å². The van der Waals surface area contributed by atoms with Crippen LogP contribution >= 0.6 is 0 Å². The van der Waals surface area contributed by atoms with E-state index in [4.69, 9.17) is 0 Å². The van der Waals surface area contributed by atoms with Crippen molar-refractivity contribution in [3.05, 3.63) is 58.2 Å². The van der Waals surface area contributed by atoms with Gasteiger partial charge in [0.1, 0.15) is 11.3 Å². The maximum atomic E-state index is 13.7. The van der Waals surface area contributed by atoms with Crippen LogP contribution in [0.2, 0.25) is 0 Å². The van der Waals surface area contributed by atoms with E-state index >= 15 is 0 Å². The van der Waals surface area contributed by atoms with E-state index in [0.29, 0.717) is 0 Å². The summed E-state index contributed by atoms with van der Waals surface area (Å²) < 4.78 is 92.0. The van der Waals surface area contributed by atoms with Crippen LogP contribution in [0.1, 0.15) is 21.5 Å². The second-order valence-corrected chi connectivity index (χ2v) is 4.98. The summed E-state index contributed by atoms with van der Waals surface area (Å²) in [5.74, 6) is -12.2. The van der Waals surface area contributed by atoms with Gasteiger partial charge in [-0.25, -0.2) is 17.6 Å². The van der Waals surface area contributed by atoms with Gasteiger partial charge in [0.25, 0.3) is 0 Å². The standard InChI is InChI=1S/C15H8F7NO3.Li/c16-10-7(11(17)13(19)9(12(10)18)15(20,21)22)4-23-5-1-2-8(24)6(3-5)14(25)26;/h1-3,23-24H,4H2,(H,25,26);/q;+1/p-1. The molecule has 27 heavy (non-hydrogen) atoms. The summed E-state index contributed by atoms with van der Waals surface area (Å²) in [4.78, 5) is 10.8. The topological polar surface area (TPSA) is 72.4 Å². The Morgan fingerprint density at radius 2 is 1.56 bits per heavy atom. The number of carboxylic acid groups (broad SMARTS) is 1.